The van der Waals surface area contributed by atoms with Crippen LogP contribution >= 0.6 is 0 Å². The van der Waals surface area contributed by atoms with Gasteiger partial charge < -0.3 is 24.7 Å². The third-order valence-electron chi connectivity index (χ3n) is 7.35. The number of fused-ring (bicyclic) bond motifs is 1. The minimum absolute atomic E-state index is 0.00679. The topological polar surface area (TPSA) is 107 Å². The summed E-state index contributed by atoms with van der Waals surface area (Å²) in [5.41, 5.74) is -2.12. The third kappa shape index (κ3) is 3.07. The number of likely N-dealkylation sites (tertiary alicyclic amines) is 1. The van der Waals surface area contributed by atoms with Crippen LogP contribution in [0.1, 0.15) is 47.0 Å². The van der Waals surface area contributed by atoms with Gasteiger partial charge in [0.15, 0.2) is 0 Å². The molecule has 3 saturated heterocycles. The molecule has 1 spiro atoms. The van der Waals surface area contributed by atoms with Crippen molar-refractivity contribution in [2.75, 3.05) is 19.7 Å². The first kappa shape index (κ1) is 22.7. The summed E-state index contributed by atoms with van der Waals surface area (Å²) < 4.78 is 6.44. The number of hydrogen-bond acceptors (Lipinski definition) is 5. The fourth-order valence-electron chi connectivity index (χ4n) is 5.88. The number of ether oxygens (including phenoxy) is 1. The van der Waals surface area contributed by atoms with Gasteiger partial charge in [-0.05, 0) is 46.0 Å². The average Bonchev–Trinajstić information content (AvgIpc) is 3.17. The third-order valence-corrected chi connectivity index (χ3v) is 7.35. The number of carboxylic acids is 1. The van der Waals surface area contributed by atoms with E-state index in [0.717, 1.165) is 0 Å². The Hall–Kier alpha value is -1.93. The summed E-state index contributed by atoms with van der Waals surface area (Å²) in [6.07, 6.45) is 3.15. The first-order valence-electron chi connectivity index (χ1n) is 10.8. The molecule has 3 aliphatic rings. The van der Waals surface area contributed by atoms with Crippen molar-refractivity contribution in [3.8, 4) is 0 Å². The van der Waals surface area contributed by atoms with E-state index in [-0.39, 0.29) is 36.9 Å². The van der Waals surface area contributed by atoms with E-state index >= 15 is 0 Å². The van der Waals surface area contributed by atoms with Crippen molar-refractivity contribution in [3.05, 3.63) is 12.7 Å². The number of carbonyl (C=O) groups excluding carboxylic acids is 2. The van der Waals surface area contributed by atoms with Crippen molar-refractivity contribution in [1.82, 2.24) is 9.80 Å². The Morgan fingerprint density at radius 3 is 2.60 bits per heavy atom. The Kier molecular flexibility index (Phi) is 6.04. The summed E-state index contributed by atoms with van der Waals surface area (Å²) in [7, 11) is 0. The highest BCUT2D eigenvalue weighted by atomic mass is 16.5. The van der Waals surface area contributed by atoms with Crippen LogP contribution in [0.4, 0.5) is 0 Å². The van der Waals surface area contributed by atoms with Crippen LogP contribution in [0.2, 0.25) is 0 Å². The predicted octanol–water partition coefficient (Wildman–Crippen LogP) is 1.28. The SMILES string of the molecule is C=CCN(C(=O)C1N(CCCCO)C(=O)[C@@H]2[C@@H](C(=O)O)[C@]3(C)OC12CC3C)C(C)C. The first-order chi connectivity index (χ1) is 14.1. The zero-order valence-corrected chi connectivity index (χ0v) is 18.3. The van der Waals surface area contributed by atoms with E-state index in [0.29, 0.717) is 25.8 Å². The zero-order valence-electron chi connectivity index (χ0n) is 18.3. The second-order valence-corrected chi connectivity index (χ2v) is 9.38. The second-order valence-electron chi connectivity index (χ2n) is 9.38. The van der Waals surface area contributed by atoms with E-state index in [2.05, 4.69) is 6.58 Å². The molecule has 3 heterocycles. The molecular formula is C22H34N2O6. The van der Waals surface area contributed by atoms with E-state index in [1.54, 1.807) is 17.9 Å². The van der Waals surface area contributed by atoms with Gasteiger partial charge in [-0.2, -0.15) is 0 Å². The number of carboxylic acid groups (broad SMARTS) is 1. The van der Waals surface area contributed by atoms with Gasteiger partial charge in [-0.3, -0.25) is 14.4 Å². The first-order valence-corrected chi connectivity index (χ1v) is 10.8. The van der Waals surface area contributed by atoms with Gasteiger partial charge in [0.05, 0.1) is 11.5 Å². The summed E-state index contributed by atoms with van der Waals surface area (Å²) in [5.74, 6) is -3.57. The molecule has 6 atom stereocenters. The van der Waals surface area contributed by atoms with Gasteiger partial charge in [-0.15, -0.1) is 6.58 Å². The summed E-state index contributed by atoms with van der Waals surface area (Å²) >= 11 is 0. The molecule has 3 fully saturated rings. The van der Waals surface area contributed by atoms with Crippen LogP contribution in [0, 0.1) is 17.8 Å². The number of unbranched alkanes of at least 4 members (excludes halogenated alkanes) is 1. The smallest absolute Gasteiger partial charge is 0.310 e. The van der Waals surface area contributed by atoms with Crippen molar-refractivity contribution in [2.24, 2.45) is 17.8 Å². The Bertz CT molecular complexity index is 739. The van der Waals surface area contributed by atoms with Crippen LogP contribution in [0.3, 0.4) is 0 Å². The maximum atomic E-state index is 13.8. The Balaban J connectivity index is 2.09. The number of aliphatic hydroxyl groups excluding tert-OH is 1. The summed E-state index contributed by atoms with van der Waals surface area (Å²) in [6, 6.07) is -0.980. The average molecular weight is 423 g/mol. The zero-order chi connectivity index (χ0) is 22.4. The van der Waals surface area contributed by atoms with Crippen LogP contribution in [0.5, 0.6) is 0 Å². The molecule has 0 aromatic rings. The van der Waals surface area contributed by atoms with Gasteiger partial charge in [0.25, 0.3) is 0 Å². The molecule has 3 aliphatic heterocycles. The van der Waals surface area contributed by atoms with E-state index in [4.69, 9.17) is 9.84 Å². The van der Waals surface area contributed by atoms with Crippen LogP contribution in [0.25, 0.3) is 0 Å². The number of amides is 2. The van der Waals surface area contributed by atoms with E-state index < -0.39 is 35.0 Å². The summed E-state index contributed by atoms with van der Waals surface area (Å²) in [4.78, 5) is 42.7. The minimum Gasteiger partial charge on any atom is -0.481 e. The largest absolute Gasteiger partial charge is 0.481 e. The lowest BCUT2D eigenvalue weighted by Gasteiger charge is -2.38. The van der Waals surface area contributed by atoms with Crippen LogP contribution < -0.4 is 0 Å². The summed E-state index contributed by atoms with van der Waals surface area (Å²) in [5, 5.41) is 19.2. The quantitative estimate of drug-likeness (QED) is 0.428. The molecular weight excluding hydrogens is 388 g/mol. The van der Waals surface area contributed by atoms with Gasteiger partial charge in [-0.25, -0.2) is 0 Å². The van der Waals surface area contributed by atoms with Gasteiger partial charge in [-0.1, -0.05) is 13.0 Å². The lowest BCUT2D eigenvalue weighted by molar-refractivity contribution is -0.158. The second kappa shape index (κ2) is 7.96. The molecule has 0 aliphatic carbocycles. The van der Waals surface area contributed by atoms with Crippen LogP contribution in [-0.4, -0.2) is 80.8 Å². The lowest BCUT2D eigenvalue weighted by atomic mass is 9.62. The molecule has 2 N–H and O–H groups in total. The number of hydrogen-bond donors (Lipinski definition) is 2. The standard InChI is InChI=1S/C22H34N2O6/c1-6-9-23(13(2)3)19(27)17-22-12-14(4)21(5,30-22)16(20(28)29)15(22)18(26)24(17)10-7-8-11-25/h6,13-17,25H,1,7-12H2,2-5H3,(H,28,29)/t14?,15-,16-,17?,21+,22?/m0/s1. The molecule has 2 amide bonds. The molecule has 3 rings (SSSR count). The van der Waals surface area contributed by atoms with E-state index in [1.165, 1.54) is 4.90 Å². The van der Waals surface area contributed by atoms with E-state index in [9.17, 15) is 19.5 Å². The molecule has 0 aromatic heterocycles. The molecule has 30 heavy (non-hydrogen) atoms. The molecule has 0 saturated carbocycles. The maximum absolute atomic E-state index is 13.8. The van der Waals surface area contributed by atoms with E-state index in [1.807, 2.05) is 20.8 Å². The van der Waals surface area contributed by atoms with Crippen molar-refractivity contribution in [2.45, 2.75) is 70.2 Å². The normalized spacial score (nSPS) is 37.0. The number of aliphatic carboxylic acids is 1. The van der Waals surface area contributed by atoms with Crippen molar-refractivity contribution in [1.29, 1.82) is 0 Å². The van der Waals surface area contributed by atoms with Crippen molar-refractivity contribution in [3.63, 3.8) is 0 Å². The number of carbonyl (C=O) groups is 3. The van der Waals surface area contributed by atoms with Gasteiger partial charge in [0, 0.05) is 25.7 Å². The molecule has 3 unspecified atom stereocenters. The number of rotatable bonds is 9. The van der Waals surface area contributed by atoms with Gasteiger partial charge in [0.1, 0.15) is 17.6 Å². The Labute approximate surface area is 177 Å². The molecule has 2 bridgehead atoms. The highest BCUT2D eigenvalue weighted by Crippen LogP contribution is 2.65. The predicted molar refractivity (Wildman–Crippen MR) is 109 cm³/mol. The highest BCUT2D eigenvalue weighted by molar-refractivity contribution is 5.98. The minimum atomic E-state index is -1.14. The monoisotopic (exact) mass is 422 g/mol. The molecule has 0 radical (unpaired) electrons. The van der Waals surface area contributed by atoms with Crippen LogP contribution in [-0.2, 0) is 19.1 Å². The summed E-state index contributed by atoms with van der Waals surface area (Å²) in [6.45, 7) is 11.9. The van der Waals surface area contributed by atoms with Crippen molar-refractivity contribution < 1.29 is 29.3 Å². The highest BCUT2D eigenvalue weighted by Gasteiger charge is 2.80. The molecule has 8 nitrogen and oxygen atoms in total. The number of nitrogens with zero attached hydrogens (tertiary/aromatic N) is 2. The van der Waals surface area contributed by atoms with Crippen LogP contribution in [0.15, 0.2) is 12.7 Å². The fourth-order valence-corrected chi connectivity index (χ4v) is 5.88. The van der Waals surface area contributed by atoms with Gasteiger partial charge >= 0.3 is 5.97 Å². The van der Waals surface area contributed by atoms with Crippen molar-refractivity contribution >= 4 is 17.8 Å². The molecule has 168 valence electrons. The lowest BCUT2D eigenvalue weighted by Crippen LogP contribution is -2.57. The maximum Gasteiger partial charge on any atom is 0.310 e. The molecule has 8 heteroatoms. The molecule has 0 aromatic carbocycles. The van der Waals surface area contributed by atoms with Gasteiger partial charge in [0.2, 0.25) is 11.8 Å². The fraction of sp³-hybridized carbons (Fsp3) is 0.773. The number of aliphatic hydroxyl groups is 1. The Morgan fingerprint density at radius 2 is 2.07 bits per heavy atom. The Morgan fingerprint density at radius 1 is 1.40 bits per heavy atom.